The van der Waals surface area contributed by atoms with Crippen LogP contribution in [0, 0.1) is 11.3 Å². The van der Waals surface area contributed by atoms with Crippen LogP contribution in [0.4, 0.5) is 5.69 Å². The second kappa shape index (κ2) is 5.51. The standard InChI is InChI=1S/C10H11BrN2O/c11-8-3-4-10(9(13)7-8)14-6-2-1-5-12/h3-4,7H,1-2,6,13H2. The van der Waals surface area contributed by atoms with Gasteiger partial charge in [-0.2, -0.15) is 5.26 Å². The van der Waals surface area contributed by atoms with Crippen LogP contribution in [0.5, 0.6) is 5.75 Å². The maximum absolute atomic E-state index is 8.32. The van der Waals surface area contributed by atoms with Gasteiger partial charge in [-0.05, 0) is 24.6 Å². The number of unbranched alkanes of at least 4 members (excludes halogenated alkanes) is 1. The van der Waals surface area contributed by atoms with Crippen LogP contribution in [0.1, 0.15) is 12.8 Å². The molecule has 0 aliphatic carbocycles. The molecule has 1 rings (SSSR count). The van der Waals surface area contributed by atoms with Crippen LogP contribution in [0.2, 0.25) is 0 Å². The lowest BCUT2D eigenvalue weighted by Crippen LogP contribution is -1.99. The second-order valence-electron chi connectivity index (χ2n) is 2.79. The molecule has 0 radical (unpaired) electrons. The molecule has 0 fully saturated rings. The van der Waals surface area contributed by atoms with Crippen LogP contribution < -0.4 is 10.5 Å². The first-order chi connectivity index (χ1) is 6.74. The topological polar surface area (TPSA) is 59.0 Å². The van der Waals surface area contributed by atoms with E-state index in [4.69, 9.17) is 15.7 Å². The number of ether oxygens (including phenoxy) is 1. The molecular formula is C10H11BrN2O. The Kier molecular flexibility index (Phi) is 4.27. The molecule has 0 bridgehead atoms. The van der Waals surface area contributed by atoms with Crippen molar-refractivity contribution in [2.75, 3.05) is 12.3 Å². The first kappa shape index (κ1) is 10.9. The zero-order valence-electron chi connectivity index (χ0n) is 7.66. The molecule has 4 heteroatoms. The van der Waals surface area contributed by atoms with Crippen LogP contribution in [-0.4, -0.2) is 6.61 Å². The quantitative estimate of drug-likeness (QED) is 0.664. The highest BCUT2D eigenvalue weighted by Crippen LogP contribution is 2.25. The predicted octanol–water partition coefficient (Wildman–Crippen LogP) is 2.71. The number of nitrogens with two attached hydrogens (primary N) is 1. The number of benzene rings is 1. The zero-order chi connectivity index (χ0) is 10.4. The number of hydrogen-bond acceptors (Lipinski definition) is 3. The van der Waals surface area contributed by atoms with Crippen LogP contribution >= 0.6 is 15.9 Å². The first-order valence-electron chi connectivity index (χ1n) is 4.29. The van der Waals surface area contributed by atoms with E-state index in [2.05, 4.69) is 22.0 Å². The summed E-state index contributed by atoms with van der Waals surface area (Å²) in [5, 5.41) is 8.32. The molecule has 14 heavy (non-hydrogen) atoms. The summed E-state index contributed by atoms with van der Waals surface area (Å²) in [6, 6.07) is 7.53. The normalized spacial score (nSPS) is 9.43. The van der Waals surface area contributed by atoms with Crippen molar-refractivity contribution in [2.24, 2.45) is 0 Å². The van der Waals surface area contributed by atoms with Gasteiger partial charge in [0.05, 0.1) is 18.4 Å². The summed E-state index contributed by atoms with van der Waals surface area (Å²) >= 11 is 3.31. The Morgan fingerprint density at radius 1 is 1.50 bits per heavy atom. The summed E-state index contributed by atoms with van der Waals surface area (Å²) in [5.41, 5.74) is 6.32. The maximum atomic E-state index is 8.32. The summed E-state index contributed by atoms with van der Waals surface area (Å²) in [6.45, 7) is 0.527. The molecule has 3 nitrogen and oxygen atoms in total. The third-order valence-electron chi connectivity index (χ3n) is 1.66. The average molecular weight is 255 g/mol. The van der Waals surface area contributed by atoms with E-state index < -0.39 is 0 Å². The van der Waals surface area contributed by atoms with Crippen molar-refractivity contribution in [3.63, 3.8) is 0 Å². The Labute approximate surface area is 91.6 Å². The summed E-state index contributed by atoms with van der Waals surface area (Å²) in [4.78, 5) is 0. The third-order valence-corrected chi connectivity index (χ3v) is 2.16. The zero-order valence-corrected chi connectivity index (χ0v) is 9.25. The first-order valence-corrected chi connectivity index (χ1v) is 5.08. The van der Waals surface area contributed by atoms with E-state index in [-0.39, 0.29) is 0 Å². The Bertz CT molecular complexity index is 346. The van der Waals surface area contributed by atoms with Gasteiger partial charge in [0, 0.05) is 10.9 Å². The van der Waals surface area contributed by atoms with E-state index in [1.165, 1.54) is 0 Å². The molecule has 0 saturated heterocycles. The van der Waals surface area contributed by atoms with E-state index in [1.807, 2.05) is 12.1 Å². The molecule has 0 unspecified atom stereocenters. The van der Waals surface area contributed by atoms with Gasteiger partial charge in [0.1, 0.15) is 5.75 Å². The van der Waals surface area contributed by atoms with Gasteiger partial charge in [-0.1, -0.05) is 15.9 Å². The lowest BCUT2D eigenvalue weighted by molar-refractivity contribution is 0.314. The largest absolute Gasteiger partial charge is 0.491 e. The molecule has 1 aromatic carbocycles. The van der Waals surface area contributed by atoms with Crippen LogP contribution in [0.3, 0.4) is 0 Å². The van der Waals surface area contributed by atoms with E-state index in [1.54, 1.807) is 6.07 Å². The Balaban J connectivity index is 2.47. The molecule has 2 N–H and O–H groups in total. The smallest absolute Gasteiger partial charge is 0.142 e. The van der Waals surface area contributed by atoms with Crippen molar-refractivity contribution >= 4 is 21.6 Å². The van der Waals surface area contributed by atoms with Gasteiger partial charge >= 0.3 is 0 Å². The Morgan fingerprint density at radius 3 is 2.93 bits per heavy atom. The van der Waals surface area contributed by atoms with Crippen LogP contribution in [0.15, 0.2) is 22.7 Å². The second-order valence-corrected chi connectivity index (χ2v) is 3.71. The van der Waals surface area contributed by atoms with Gasteiger partial charge in [0.25, 0.3) is 0 Å². The highest BCUT2D eigenvalue weighted by atomic mass is 79.9. The fourth-order valence-electron chi connectivity index (χ4n) is 0.984. The molecule has 1 aromatic rings. The van der Waals surface area contributed by atoms with E-state index in [0.717, 1.165) is 10.9 Å². The average Bonchev–Trinajstić information content (AvgIpc) is 2.15. The van der Waals surface area contributed by atoms with Crippen molar-refractivity contribution in [1.29, 1.82) is 5.26 Å². The number of nitriles is 1. The van der Waals surface area contributed by atoms with Gasteiger partial charge in [-0.3, -0.25) is 0 Å². The van der Waals surface area contributed by atoms with Crippen molar-refractivity contribution in [3.05, 3.63) is 22.7 Å². The van der Waals surface area contributed by atoms with E-state index in [0.29, 0.717) is 24.5 Å². The molecule has 0 spiro atoms. The highest BCUT2D eigenvalue weighted by molar-refractivity contribution is 9.10. The lowest BCUT2D eigenvalue weighted by Gasteiger charge is -2.07. The van der Waals surface area contributed by atoms with Crippen molar-refractivity contribution in [3.8, 4) is 11.8 Å². The van der Waals surface area contributed by atoms with Gasteiger partial charge in [0.2, 0.25) is 0 Å². The number of nitrogens with zero attached hydrogens (tertiary/aromatic N) is 1. The van der Waals surface area contributed by atoms with Crippen LogP contribution in [-0.2, 0) is 0 Å². The molecular weight excluding hydrogens is 244 g/mol. The monoisotopic (exact) mass is 254 g/mol. The van der Waals surface area contributed by atoms with E-state index >= 15 is 0 Å². The summed E-state index contributed by atoms with van der Waals surface area (Å²) in [7, 11) is 0. The van der Waals surface area contributed by atoms with Gasteiger partial charge in [0.15, 0.2) is 0 Å². The number of anilines is 1. The fraction of sp³-hybridized carbons (Fsp3) is 0.300. The molecule has 74 valence electrons. The number of hydrogen-bond donors (Lipinski definition) is 1. The van der Waals surface area contributed by atoms with Crippen molar-refractivity contribution < 1.29 is 4.74 Å². The van der Waals surface area contributed by atoms with Gasteiger partial charge in [-0.15, -0.1) is 0 Å². The number of rotatable bonds is 4. The highest BCUT2D eigenvalue weighted by Gasteiger charge is 1.99. The summed E-state index contributed by atoms with van der Waals surface area (Å²) in [5.74, 6) is 0.672. The van der Waals surface area contributed by atoms with Crippen molar-refractivity contribution in [1.82, 2.24) is 0 Å². The molecule has 0 saturated carbocycles. The Morgan fingerprint density at radius 2 is 2.29 bits per heavy atom. The minimum absolute atomic E-state index is 0.510. The predicted molar refractivity (Wildman–Crippen MR) is 58.9 cm³/mol. The molecule has 0 atom stereocenters. The summed E-state index contributed by atoms with van der Waals surface area (Å²) < 4.78 is 6.33. The van der Waals surface area contributed by atoms with Gasteiger partial charge < -0.3 is 10.5 Å². The molecule has 0 aromatic heterocycles. The maximum Gasteiger partial charge on any atom is 0.142 e. The molecule has 0 heterocycles. The lowest BCUT2D eigenvalue weighted by atomic mass is 10.3. The molecule has 0 aliphatic heterocycles. The number of nitrogen functional groups attached to an aromatic ring is 1. The van der Waals surface area contributed by atoms with Gasteiger partial charge in [-0.25, -0.2) is 0 Å². The Hall–Kier alpha value is -1.21. The minimum atomic E-state index is 0.510. The fourth-order valence-corrected chi connectivity index (χ4v) is 1.36. The number of halogens is 1. The minimum Gasteiger partial charge on any atom is -0.491 e. The molecule has 0 amide bonds. The van der Waals surface area contributed by atoms with E-state index in [9.17, 15) is 0 Å². The van der Waals surface area contributed by atoms with Crippen molar-refractivity contribution in [2.45, 2.75) is 12.8 Å². The summed E-state index contributed by atoms with van der Waals surface area (Å²) in [6.07, 6.45) is 1.24. The molecule has 0 aliphatic rings. The third kappa shape index (κ3) is 3.27. The van der Waals surface area contributed by atoms with Crippen LogP contribution in [0.25, 0.3) is 0 Å². The SMILES string of the molecule is N#CCCCOc1ccc(Br)cc1N.